The lowest BCUT2D eigenvalue weighted by atomic mass is 10.4. The molecule has 1 rings (SSSR count). The van der Waals surface area contributed by atoms with Gasteiger partial charge in [-0.15, -0.1) is 22.5 Å². The highest BCUT2D eigenvalue weighted by Gasteiger charge is 2.27. The van der Waals surface area contributed by atoms with Crippen LogP contribution in [0.1, 0.15) is 6.42 Å². The fourth-order valence-corrected chi connectivity index (χ4v) is 0.931. The summed E-state index contributed by atoms with van der Waals surface area (Å²) in [6.45, 7) is 0. The van der Waals surface area contributed by atoms with E-state index >= 15 is 0 Å². The number of hydrogen-bond acceptors (Lipinski definition) is 4. The lowest BCUT2D eigenvalue weighted by Gasteiger charge is -1.86. The molecule has 1 aliphatic heterocycles. The SMILES string of the molecule is Cl.O=C1CC(Br)C(=O)N1.O=[N+]([O-])O. The smallest absolute Gasteiger partial charge is 0.291 e. The number of nitrogens with zero attached hydrogens (tertiary/aromatic N) is 1. The number of carbonyl (C=O) groups is 2. The van der Waals surface area contributed by atoms with Gasteiger partial charge in [0, 0.05) is 6.42 Å². The van der Waals surface area contributed by atoms with E-state index in [-0.39, 0.29) is 35.5 Å². The Hall–Kier alpha value is -0.890. The van der Waals surface area contributed by atoms with E-state index in [9.17, 15) is 9.59 Å². The third-order valence-electron chi connectivity index (χ3n) is 0.912. The van der Waals surface area contributed by atoms with Crippen LogP contribution in [0.4, 0.5) is 0 Å². The highest BCUT2D eigenvalue weighted by Crippen LogP contribution is 2.10. The highest BCUT2D eigenvalue weighted by molar-refractivity contribution is 9.10. The van der Waals surface area contributed by atoms with E-state index in [4.69, 9.17) is 15.3 Å². The number of nitrogens with one attached hydrogen (secondary N) is 1. The Morgan fingerprint density at radius 2 is 2.00 bits per heavy atom. The molecule has 1 aliphatic rings. The van der Waals surface area contributed by atoms with Gasteiger partial charge in [0.05, 0.1) is 0 Å². The molecule has 2 N–H and O–H groups in total. The van der Waals surface area contributed by atoms with E-state index in [0.29, 0.717) is 0 Å². The Morgan fingerprint density at radius 3 is 2.08 bits per heavy atom. The minimum Gasteiger partial charge on any atom is -0.328 e. The Kier molecular flexibility index (Phi) is 7.43. The van der Waals surface area contributed by atoms with Crippen LogP contribution in [0, 0.1) is 10.1 Å². The molecule has 9 heteroatoms. The lowest BCUT2D eigenvalue weighted by Crippen LogP contribution is -2.21. The summed E-state index contributed by atoms with van der Waals surface area (Å²) in [5, 5.41) is 15.8. The fraction of sp³-hybridized carbons (Fsp3) is 0.500. The predicted molar refractivity (Wildman–Crippen MR) is 46.5 cm³/mol. The van der Waals surface area contributed by atoms with Gasteiger partial charge < -0.3 is 5.21 Å². The highest BCUT2D eigenvalue weighted by atomic mass is 79.9. The van der Waals surface area contributed by atoms with Crippen molar-refractivity contribution in [3.63, 3.8) is 0 Å². The van der Waals surface area contributed by atoms with Crippen molar-refractivity contribution in [3.8, 4) is 0 Å². The Bertz CT molecular complexity index is 219. The van der Waals surface area contributed by atoms with Crippen molar-refractivity contribution in [1.82, 2.24) is 5.32 Å². The molecule has 0 aromatic heterocycles. The van der Waals surface area contributed by atoms with Gasteiger partial charge in [-0.1, -0.05) is 15.9 Å². The Morgan fingerprint density at radius 1 is 1.62 bits per heavy atom. The van der Waals surface area contributed by atoms with Crippen molar-refractivity contribution < 1.29 is 19.9 Å². The van der Waals surface area contributed by atoms with Gasteiger partial charge in [0.1, 0.15) is 4.83 Å². The normalized spacial score (nSPS) is 19.3. The summed E-state index contributed by atoms with van der Waals surface area (Å²) >= 11 is 3.01. The fourth-order valence-electron chi connectivity index (χ4n) is 0.522. The summed E-state index contributed by atoms with van der Waals surface area (Å²) in [7, 11) is 0. The van der Waals surface area contributed by atoms with Crippen LogP contribution in [0.25, 0.3) is 0 Å². The Balaban J connectivity index is 0. The quantitative estimate of drug-likeness (QED) is 0.277. The number of imide groups is 1. The van der Waals surface area contributed by atoms with Gasteiger partial charge in [0.2, 0.25) is 11.8 Å². The lowest BCUT2D eigenvalue weighted by molar-refractivity contribution is -0.742. The molecule has 0 bridgehead atoms. The van der Waals surface area contributed by atoms with Crippen LogP contribution in [0.2, 0.25) is 0 Å². The summed E-state index contributed by atoms with van der Waals surface area (Å²) in [5.74, 6) is -0.424. The van der Waals surface area contributed by atoms with Gasteiger partial charge >= 0.3 is 0 Å². The van der Waals surface area contributed by atoms with Crippen molar-refractivity contribution in [2.75, 3.05) is 0 Å². The van der Waals surface area contributed by atoms with E-state index < -0.39 is 5.09 Å². The van der Waals surface area contributed by atoms with Crippen LogP contribution in [0.3, 0.4) is 0 Å². The summed E-state index contributed by atoms with van der Waals surface area (Å²) in [4.78, 5) is 28.8. The van der Waals surface area contributed by atoms with Gasteiger partial charge in [-0.25, -0.2) is 0 Å². The standard InChI is InChI=1S/C4H4BrNO2.ClH.HNO3/c5-2-1-3(7)6-4(2)8;;2-1(3)4/h2H,1H2,(H,6,7,8);1H;(H,2,3,4). The number of rotatable bonds is 0. The number of hydrogen-bond donors (Lipinski definition) is 2. The summed E-state index contributed by atoms with van der Waals surface area (Å²) < 4.78 is 0. The predicted octanol–water partition coefficient (Wildman–Crippen LogP) is -0.130. The van der Waals surface area contributed by atoms with Crippen molar-refractivity contribution in [2.24, 2.45) is 0 Å². The molecule has 0 spiro atoms. The van der Waals surface area contributed by atoms with E-state index in [0.717, 1.165) is 0 Å². The Labute approximate surface area is 87.1 Å². The van der Waals surface area contributed by atoms with Crippen LogP contribution in [0.5, 0.6) is 0 Å². The van der Waals surface area contributed by atoms with Crippen LogP contribution in [0.15, 0.2) is 0 Å². The van der Waals surface area contributed by atoms with Gasteiger partial charge in [-0.05, 0) is 0 Å². The van der Waals surface area contributed by atoms with E-state index in [1.807, 2.05) is 0 Å². The van der Waals surface area contributed by atoms with Gasteiger partial charge in [0.25, 0.3) is 5.09 Å². The van der Waals surface area contributed by atoms with Crippen molar-refractivity contribution in [1.29, 1.82) is 0 Å². The molecule has 76 valence electrons. The molecule has 0 aliphatic carbocycles. The molecule has 1 fully saturated rings. The minimum atomic E-state index is -1.50. The number of halogens is 2. The second-order valence-corrected chi connectivity index (χ2v) is 2.93. The summed E-state index contributed by atoms with van der Waals surface area (Å²) in [6, 6.07) is 0. The minimum absolute atomic E-state index is 0. The number of carbonyl (C=O) groups excluding carboxylic acids is 2. The van der Waals surface area contributed by atoms with Crippen molar-refractivity contribution in [3.05, 3.63) is 10.1 Å². The molecule has 0 radical (unpaired) electrons. The third-order valence-corrected chi connectivity index (χ3v) is 1.65. The molecular formula is C4H6BrClN2O5. The van der Waals surface area contributed by atoms with Crippen molar-refractivity contribution in [2.45, 2.75) is 11.2 Å². The molecule has 0 aromatic carbocycles. The topological polar surface area (TPSA) is 110 Å². The molecule has 13 heavy (non-hydrogen) atoms. The molecule has 1 unspecified atom stereocenters. The molecule has 1 saturated heterocycles. The second kappa shape index (κ2) is 6.61. The van der Waals surface area contributed by atoms with E-state index in [1.54, 1.807) is 0 Å². The molecule has 1 heterocycles. The first kappa shape index (κ1) is 14.6. The zero-order valence-electron chi connectivity index (χ0n) is 6.10. The first-order valence-electron chi connectivity index (χ1n) is 2.74. The maximum absolute atomic E-state index is 10.4. The van der Waals surface area contributed by atoms with Gasteiger partial charge in [-0.2, -0.15) is 0 Å². The average molecular weight is 277 g/mol. The first-order valence-corrected chi connectivity index (χ1v) is 3.66. The van der Waals surface area contributed by atoms with E-state index in [2.05, 4.69) is 21.2 Å². The van der Waals surface area contributed by atoms with Crippen LogP contribution < -0.4 is 5.32 Å². The maximum atomic E-state index is 10.4. The average Bonchev–Trinajstić information content (AvgIpc) is 2.08. The molecular weight excluding hydrogens is 271 g/mol. The second-order valence-electron chi connectivity index (χ2n) is 1.82. The maximum Gasteiger partial charge on any atom is 0.291 e. The zero-order chi connectivity index (χ0) is 9.72. The van der Waals surface area contributed by atoms with Crippen molar-refractivity contribution >= 4 is 40.2 Å². The third kappa shape index (κ3) is 7.47. The summed E-state index contributed by atoms with van der Waals surface area (Å²) in [5.41, 5.74) is 0. The molecule has 7 nitrogen and oxygen atoms in total. The summed E-state index contributed by atoms with van der Waals surface area (Å²) in [6.07, 6.45) is 0.277. The van der Waals surface area contributed by atoms with Crippen LogP contribution >= 0.6 is 28.3 Å². The number of amides is 2. The van der Waals surface area contributed by atoms with Crippen LogP contribution in [-0.2, 0) is 9.59 Å². The zero-order valence-corrected chi connectivity index (χ0v) is 8.50. The van der Waals surface area contributed by atoms with Crippen LogP contribution in [-0.4, -0.2) is 26.9 Å². The molecule has 0 saturated carbocycles. The largest absolute Gasteiger partial charge is 0.328 e. The molecule has 2 amide bonds. The monoisotopic (exact) mass is 276 g/mol. The van der Waals surface area contributed by atoms with Gasteiger partial charge in [-0.3, -0.25) is 14.9 Å². The molecule has 0 aromatic rings. The molecule has 1 atom stereocenters. The van der Waals surface area contributed by atoms with E-state index in [1.165, 1.54) is 0 Å². The first-order chi connectivity index (χ1) is 5.43. The number of alkyl halides is 1. The van der Waals surface area contributed by atoms with Gasteiger partial charge in [0.15, 0.2) is 0 Å².